The molecule has 1 N–H and O–H groups in total. The average Bonchev–Trinajstić information content (AvgIpc) is 2.17. The van der Waals surface area contributed by atoms with Crippen LogP contribution < -0.4 is 5.32 Å². The minimum Gasteiger partial charge on any atom is -0.468 e. The van der Waals surface area contributed by atoms with E-state index >= 15 is 0 Å². The number of hydrogen-bond acceptors (Lipinski definition) is 3. The van der Waals surface area contributed by atoms with Crippen molar-refractivity contribution in [3.63, 3.8) is 0 Å². The van der Waals surface area contributed by atoms with Gasteiger partial charge in [0.15, 0.2) is 0 Å². The molecule has 0 spiro atoms. The first kappa shape index (κ1) is 10.2. The maximum atomic E-state index is 12.5. The normalized spacial score (nSPS) is 31.8. The van der Waals surface area contributed by atoms with Gasteiger partial charge in [-0.3, -0.25) is 4.79 Å². The molecule has 1 heterocycles. The average molecular weight is 187 g/mol. The van der Waals surface area contributed by atoms with E-state index in [0.717, 1.165) is 0 Å². The molecule has 0 radical (unpaired) electrons. The molecule has 1 aliphatic heterocycles. The van der Waals surface area contributed by atoms with Gasteiger partial charge in [0, 0.05) is 6.54 Å². The van der Waals surface area contributed by atoms with Crippen LogP contribution in [0, 0.1) is 5.41 Å². The molecule has 0 aromatic rings. The Morgan fingerprint density at radius 2 is 2.46 bits per heavy atom. The number of hydrogen-bond donors (Lipinski definition) is 1. The van der Waals surface area contributed by atoms with Crippen LogP contribution in [-0.2, 0) is 9.53 Å². The zero-order valence-electron chi connectivity index (χ0n) is 7.89. The van der Waals surface area contributed by atoms with Crippen molar-refractivity contribution in [2.24, 2.45) is 5.41 Å². The molecule has 13 heavy (non-hydrogen) atoms. The molecule has 3 nitrogen and oxygen atoms in total. The van der Waals surface area contributed by atoms with Gasteiger partial charge < -0.3 is 10.1 Å². The van der Waals surface area contributed by atoms with Crippen molar-refractivity contribution in [3.8, 4) is 0 Å². The molecule has 4 heteroatoms. The van der Waals surface area contributed by atoms with Crippen molar-refractivity contribution >= 4 is 5.97 Å². The van der Waals surface area contributed by atoms with Gasteiger partial charge in [-0.2, -0.15) is 0 Å². The number of halogens is 1. The zero-order chi connectivity index (χ0) is 9.90. The van der Waals surface area contributed by atoms with E-state index in [-0.39, 0.29) is 5.97 Å². The van der Waals surface area contributed by atoms with Gasteiger partial charge in [0.1, 0.15) is 5.41 Å². The molecule has 1 atom stereocenters. The Balaban J connectivity index is 2.89. The van der Waals surface area contributed by atoms with Gasteiger partial charge in [-0.25, -0.2) is 4.39 Å². The predicted octanol–water partition coefficient (Wildman–Crippen LogP) is 1.01. The van der Waals surface area contributed by atoms with E-state index in [2.05, 4.69) is 10.1 Å². The summed E-state index contributed by atoms with van der Waals surface area (Å²) < 4.78 is 17.1. The Labute approximate surface area is 77.0 Å². The zero-order valence-corrected chi connectivity index (χ0v) is 7.89. The van der Waals surface area contributed by atoms with Crippen LogP contribution in [0.3, 0.4) is 0 Å². The molecule has 0 aromatic carbocycles. The van der Waals surface area contributed by atoms with Crippen molar-refractivity contribution in [1.29, 1.82) is 0 Å². The summed E-state index contributed by atoms with van der Waals surface area (Å²) in [5.41, 5.74) is -0.319. The molecular weight excluding hydrogens is 173 g/mol. The van der Waals surface area contributed by atoms with Crippen LogP contribution in [-0.4, -0.2) is 26.2 Å². The third kappa shape index (κ3) is 1.72. The minimum atomic E-state index is -0.832. The van der Waals surface area contributed by atoms with Crippen LogP contribution in [0.4, 0.5) is 4.39 Å². The first-order valence-corrected chi connectivity index (χ1v) is 4.24. The first-order chi connectivity index (χ1) is 6.15. The van der Waals surface area contributed by atoms with Gasteiger partial charge in [-0.1, -0.05) is 0 Å². The summed E-state index contributed by atoms with van der Waals surface area (Å²) in [6.45, 7) is 2.84. The summed E-state index contributed by atoms with van der Waals surface area (Å²) in [5, 5.41) is 3.05. The van der Waals surface area contributed by atoms with Gasteiger partial charge in [-0.05, 0) is 25.5 Å². The van der Waals surface area contributed by atoms with Gasteiger partial charge >= 0.3 is 5.97 Å². The number of carbonyl (C=O) groups is 1. The highest BCUT2D eigenvalue weighted by atomic mass is 19.1. The van der Waals surface area contributed by atoms with Crippen molar-refractivity contribution in [2.45, 2.75) is 13.3 Å². The number of ether oxygens (including phenoxy) is 1. The van der Waals surface area contributed by atoms with Crippen molar-refractivity contribution in [3.05, 3.63) is 11.9 Å². The summed E-state index contributed by atoms with van der Waals surface area (Å²) in [6, 6.07) is 0. The maximum absolute atomic E-state index is 12.5. The molecule has 1 fully saturated rings. The van der Waals surface area contributed by atoms with E-state index in [1.165, 1.54) is 7.11 Å². The third-order valence-electron chi connectivity index (χ3n) is 2.53. The number of carbonyl (C=O) groups excluding carboxylic acids is 1. The van der Waals surface area contributed by atoms with Crippen LogP contribution in [0.15, 0.2) is 11.9 Å². The number of rotatable bonds is 1. The van der Waals surface area contributed by atoms with Gasteiger partial charge in [0.2, 0.25) is 0 Å². The Bertz CT molecular complexity index is 240. The first-order valence-electron chi connectivity index (χ1n) is 4.24. The van der Waals surface area contributed by atoms with E-state index in [1.807, 2.05) is 0 Å². The quantitative estimate of drug-likeness (QED) is 0.623. The lowest BCUT2D eigenvalue weighted by Crippen LogP contribution is -2.45. The number of methoxy groups -OCH3 is 1. The van der Waals surface area contributed by atoms with Gasteiger partial charge in [-0.15, -0.1) is 0 Å². The SMILES string of the molecule is COC(=O)[C@]1(C)CNCC/C1=C/F. The molecule has 0 aromatic heterocycles. The maximum Gasteiger partial charge on any atom is 0.317 e. The van der Waals surface area contributed by atoms with E-state index in [9.17, 15) is 9.18 Å². The smallest absolute Gasteiger partial charge is 0.317 e. The molecule has 0 aliphatic carbocycles. The van der Waals surface area contributed by atoms with Crippen molar-refractivity contribution in [2.75, 3.05) is 20.2 Å². The van der Waals surface area contributed by atoms with E-state index in [1.54, 1.807) is 6.92 Å². The number of nitrogens with one attached hydrogen (secondary N) is 1. The van der Waals surface area contributed by atoms with Crippen molar-refractivity contribution < 1.29 is 13.9 Å². The molecule has 1 aliphatic rings. The van der Waals surface area contributed by atoms with Crippen LogP contribution in [0.1, 0.15) is 13.3 Å². The molecule has 1 saturated heterocycles. The monoisotopic (exact) mass is 187 g/mol. The highest BCUT2D eigenvalue weighted by Gasteiger charge is 2.40. The fraction of sp³-hybridized carbons (Fsp3) is 0.667. The third-order valence-corrected chi connectivity index (χ3v) is 2.53. The molecule has 0 bridgehead atoms. The highest BCUT2D eigenvalue weighted by molar-refractivity contribution is 5.80. The van der Waals surface area contributed by atoms with Crippen LogP contribution >= 0.6 is 0 Å². The molecule has 1 rings (SSSR count). The minimum absolute atomic E-state index is 0.386. The Hall–Kier alpha value is -0.900. The number of piperidine rings is 1. The van der Waals surface area contributed by atoms with Crippen LogP contribution in [0.5, 0.6) is 0 Å². The lowest BCUT2D eigenvalue weighted by atomic mass is 9.78. The Kier molecular flexibility index (Phi) is 3.03. The fourth-order valence-corrected chi connectivity index (χ4v) is 1.55. The largest absolute Gasteiger partial charge is 0.468 e. The van der Waals surface area contributed by atoms with E-state index in [4.69, 9.17) is 0 Å². The summed E-state index contributed by atoms with van der Waals surface area (Å²) in [6.07, 6.45) is 1.08. The van der Waals surface area contributed by atoms with Gasteiger partial charge in [0.05, 0.1) is 13.4 Å². The van der Waals surface area contributed by atoms with Crippen LogP contribution in [0.2, 0.25) is 0 Å². The molecule has 0 amide bonds. The standard InChI is InChI=1S/C9H14FNO2/c1-9(8(12)13-2)6-11-4-3-7(9)5-10/h5,11H,3-4,6H2,1-2H3/b7-5-/t9-/m1/s1. The fourth-order valence-electron chi connectivity index (χ4n) is 1.55. The second-order valence-corrected chi connectivity index (χ2v) is 3.38. The second kappa shape index (κ2) is 3.87. The molecule has 74 valence electrons. The van der Waals surface area contributed by atoms with Crippen LogP contribution in [0.25, 0.3) is 0 Å². The lowest BCUT2D eigenvalue weighted by Gasteiger charge is -2.33. The Morgan fingerprint density at radius 1 is 1.77 bits per heavy atom. The topological polar surface area (TPSA) is 38.3 Å². The van der Waals surface area contributed by atoms with E-state index < -0.39 is 5.41 Å². The molecule has 0 unspecified atom stereocenters. The van der Waals surface area contributed by atoms with E-state index in [0.29, 0.717) is 31.4 Å². The summed E-state index contributed by atoms with van der Waals surface area (Å²) in [7, 11) is 1.32. The number of esters is 1. The highest BCUT2D eigenvalue weighted by Crippen LogP contribution is 2.32. The Morgan fingerprint density at radius 3 is 3.00 bits per heavy atom. The summed E-state index contributed by atoms with van der Waals surface area (Å²) >= 11 is 0. The second-order valence-electron chi connectivity index (χ2n) is 3.38. The van der Waals surface area contributed by atoms with Gasteiger partial charge in [0.25, 0.3) is 0 Å². The van der Waals surface area contributed by atoms with Crippen molar-refractivity contribution in [1.82, 2.24) is 5.32 Å². The predicted molar refractivity (Wildman–Crippen MR) is 46.8 cm³/mol. The molecule has 0 saturated carbocycles. The molecular formula is C9H14FNO2. The summed E-state index contributed by atoms with van der Waals surface area (Å²) in [4.78, 5) is 11.4. The lowest BCUT2D eigenvalue weighted by molar-refractivity contribution is -0.149. The summed E-state index contributed by atoms with van der Waals surface area (Å²) in [5.74, 6) is -0.386.